The lowest BCUT2D eigenvalue weighted by Gasteiger charge is -2.21. The summed E-state index contributed by atoms with van der Waals surface area (Å²) in [6, 6.07) is 3.88. The van der Waals surface area contributed by atoms with Gasteiger partial charge in [0.2, 0.25) is 10.0 Å². The van der Waals surface area contributed by atoms with Gasteiger partial charge in [-0.2, -0.15) is 4.31 Å². The summed E-state index contributed by atoms with van der Waals surface area (Å²) in [5, 5.41) is 9.17. The van der Waals surface area contributed by atoms with E-state index in [1.54, 1.807) is 0 Å². The van der Waals surface area contributed by atoms with Crippen molar-refractivity contribution in [1.82, 2.24) is 4.31 Å². The zero-order valence-corrected chi connectivity index (χ0v) is 11.9. The molecule has 1 heterocycles. The Balaban J connectivity index is 2.45. The van der Waals surface area contributed by atoms with Crippen molar-refractivity contribution in [2.45, 2.75) is 30.6 Å². The van der Waals surface area contributed by atoms with Crippen LogP contribution in [-0.4, -0.2) is 36.9 Å². The molecule has 0 unspecified atom stereocenters. The molecule has 0 aromatic heterocycles. The van der Waals surface area contributed by atoms with Gasteiger partial charge in [0.1, 0.15) is 0 Å². The first-order valence-electron chi connectivity index (χ1n) is 6.56. The van der Waals surface area contributed by atoms with Crippen LogP contribution in [-0.2, 0) is 10.0 Å². The average Bonchev–Trinajstić information content (AvgIpc) is 2.67. The van der Waals surface area contributed by atoms with Crippen LogP contribution in [0.2, 0.25) is 0 Å². The highest BCUT2D eigenvalue weighted by Gasteiger charge is 2.29. The van der Waals surface area contributed by atoms with Gasteiger partial charge < -0.3 is 10.8 Å². The number of carbonyl (C=O) groups is 1. The van der Waals surface area contributed by atoms with Crippen molar-refractivity contribution in [2.24, 2.45) is 0 Å². The summed E-state index contributed by atoms with van der Waals surface area (Å²) >= 11 is 0. The molecule has 0 radical (unpaired) electrons. The van der Waals surface area contributed by atoms with Crippen LogP contribution in [0.5, 0.6) is 0 Å². The van der Waals surface area contributed by atoms with E-state index >= 15 is 0 Å². The second-order valence-corrected chi connectivity index (χ2v) is 6.79. The van der Waals surface area contributed by atoms with Gasteiger partial charge in [-0.1, -0.05) is 12.8 Å². The fourth-order valence-corrected chi connectivity index (χ4v) is 4.04. The molecule has 1 aliphatic rings. The Morgan fingerprint density at radius 3 is 2.30 bits per heavy atom. The molecule has 7 heteroatoms. The van der Waals surface area contributed by atoms with Gasteiger partial charge in [-0.3, -0.25) is 0 Å². The summed E-state index contributed by atoms with van der Waals surface area (Å²) in [6.07, 6.45) is 3.60. The molecule has 0 saturated carbocycles. The normalized spacial score (nSPS) is 17.6. The molecule has 2 rings (SSSR count). The van der Waals surface area contributed by atoms with Gasteiger partial charge in [-0.15, -0.1) is 0 Å². The number of hydrogen-bond acceptors (Lipinski definition) is 4. The molecule has 20 heavy (non-hydrogen) atoms. The molecular formula is C13H18N2O4S. The molecule has 110 valence electrons. The van der Waals surface area contributed by atoms with Crippen molar-refractivity contribution >= 4 is 21.7 Å². The molecule has 1 aromatic carbocycles. The van der Waals surface area contributed by atoms with E-state index in [-0.39, 0.29) is 16.1 Å². The van der Waals surface area contributed by atoms with Crippen LogP contribution in [0, 0.1) is 0 Å². The molecule has 1 fully saturated rings. The number of rotatable bonds is 3. The number of nitrogen functional groups attached to an aromatic ring is 1. The first-order valence-corrected chi connectivity index (χ1v) is 8.00. The third-order valence-corrected chi connectivity index (χ3v) is 5.37. The van der Waals surface area contributed by atoms with Crippen LogP contribution in [0.3, 0.4) is 0 Å². The van der Waals surface area contributed by atoms with Crippen LogP contribution in [0.15, 0.2) is 23.1 Å². The van der Waals surface area contributed by atoms with Gasteiger partial charge in [-0.25, -0.2) is 13.2 Å². The summed E-state index contributed by atoms with van der Waals surface area (Å²) in [6.45, 7) is 0.873. The molecule has 1 aliphatic heterocycles. The van der Waals surface area contributed by atoms with Crippen LogP contribution < -0.4 is 5.73 Å². The van der Waals surface area contributed by atoms with E-state index in [0.717, 1.165) is 25.7 Å². The highest BCUT2D eigenvalue weighted by atomic mass is 32.2. The number of carboxylic acid groups (broad SMARTS) is 1. The maximum absolute atomic E-state index is 12.6. The second-order valence-electron chi connectivity index (χ2n) is 4.88. The van der Waals surface area contributed by atoms with E-state index in [0.29, 0.717) is 13.1 Å². The Morgan fingerprint density at radius 1 is 1.15 bits per heavy atom. The molecule has 0 amide bonds. The van der Waals surface area contributed by atoms with Crippen LogP contribution in [0.1, 0.15) is 36.0 Å². The molecular weight excluding hydrogens is 280 g/mol. The van der Waals surface area contributed by atoms with E-state index < -0.39 is 16.0 Å². The molecule has 6 nitrogen and oxygen atoms in total. The third kappa shape index (κ3) is 2.94. The molecule has 3 N–H and O–H groups in total. The number of hydrogen-bond donors (Lipinski definition) is 2. The summed E-state index contributed by atoms with van der Waals surface area (Å²) < 4.78 is 26.6. The zero-order chi connectivity index (χ0) is 14.8. The first kappa shape index (κ1) is 14.8. The number of anilines is 1. The SMILES string of the molecule is Nc1ccc(S(=O)(=O)N2CCCCCC2)c(C(=O)O)c1. The lowest BCUT2D eigenvalue weighted by molar-refractivity contribution is 0.0692. The van der Waals surface area contributed by atoms with Gasteiger partial charge in [0.15, 0.2) is 0 Å². The maximum Gasteiger partial charge on any atom is 0.337 e. The second kappa shape index (κ2) is 5.80. The van der Waals surface area contributed by atoms with Gasteiger partial charge in [0, 0.05) is 18.8 Å². The highest BCUT2D eigenvalue weighted by Crippen LogP contribution is 2.25. The Kier molecular flexibility index (Phi) is 4.29. The predicted molar refractivity (Wildman–Crippen MR) is 75.0 cm³/mol. The van der Waals surface area contributed by atoms with E-state index in [2.05, 4.69) is 0 Å². The van der Waals surface area contributed by atoms with Gasteiger partial charge >= 0.3 is 5.97 Å². The van der Waals surface area contributed by atoms with Crippen molar-refractivity contribution in [3.8, 4) is 0 Å². The fraction of sp³-hybridized carbons (Fsp3) is 0.462. The van der Waals surface area contributed by atoms with Crippen LogP contribution in [0.25, 0.3) is 0 Å². The molecule has 0 atom stereocenters. The van der Waals surface area contributed by atoms with Gasteiger partial charge in [-0.05, 0) is 31.0 Å². The summed E-state index contributed by atoms with van der Waals surface area (Å²) in [4.78, 5) is 11.1. The number of sulfonamides is 1. The number of carboxylic acids is 1. The number of nitrogens with two attached hydrogens (primary N) is 1. The first-order chi connectivity index (χ1) is 9.43. The van der Waals surface area contributed by atoms with Crippen LogP contribution >= 0.6 is 0 Å². The number of nitrogens with zero attached hydrogens (tertiary/aromatic N) is 1. The van der Waals surface area contributed by atoms with E-state index in [4.69, 9.17) is 10.8 Å². The van der Waals surface area contributed by atoms with E-state index in [1.165, 1.54) is 22.5 Å². The van der Waals surface area contributed by atoms with Crippen molar-refractivity contribution in [3.05, 3.63) is 23.8 Å². The summed E-state index contributed by atoms with van der Waals surface area (Å²) in [7, 11) is -3.78. The minimum absolute atomic E-state index is 0.180. The summed E-state index contributed by atoms with van der Waals surface area (Å²) in [5.74, 6) is -1.29. The minimum Gasteiger partial charge on any atom is -0.478 e. The number of benzene rings is 1. The highest BCUT2D eigenvalue weighted by molar-refractivity contribution is 7.89. The molecule has 1 saturated heterocycles. The van der Waals surface area contributed by atoms with Crippen molar-refractivity contribution < 1.29 is 18.3 Å². The Bertz CT molecular complexity index is 605. The van der Waals surface area contributed by atoms with Gasteiger partial charge in [0.05, 0.1) is 10.5 Å². The molecule has 0 bridgehead atoms. The average molecular weight is 298 g/mol. The van der Waals surface area contributed by atoms with Crippen LogP contribution in [0.4, 0.5) is 5.69 Å². The fourth-order valence-electron chi connectivity index (χ4n) is 2.36. The topological polar surface area (TPSA) is 101 Å². The van der Waals surface area contributed by atoms with Crippen molar-refractivity contribution in [1.29, 1.82) is 0 Å². The lowest BCUT2D eigenvalue weighted by atomic mass is 10.2. The maximum atomic E-state index is 12.6. The summed E-state index contributed by atoms with van der Waals surface area (Å²) in [5.41, 5.74) is 5.50. The Morgan fingerprint density at radius 2 is 1.75 bits per heavy atom. The largest absolute Gasteiger partial charge is 0.478 e. The molecule has 0 spiro atoms. The van der Waals surface area contributed by atoms with Gasteiger partial charge in [0.25, 0.3) is 0 Å². The minimum atomic E-state index is -3.78. The Labute approximate surface area is 118 Å². The molecule has 0 aliphatic carbocycles. The Hall–Kier alpha value is -1.60. The van der Waals surface area contributed by atoms with E-state index in [9.17, 15) is 13.2 Å². The van der Waals surface area contributed by atoms with Crippen molar-refractivity contribution in [2.75, 3.05) is 18.8 Å². The van der Waals surface area contributed by atoms with Crippen molar-refractivity contribution in [3.63, 3.8) is 0 Å². The lowest BCUT2D eigenvalue weighted by Crippen LogP contribution is -2.33. The zero-order valence-electron chi connectivity index (χ0n) is 11.1. The quantitative estimate of drug-likeness (QED) is 0.824. The third-order valence-electron chi connectivity index (χ3n) is 3.42. The monoisotopic (exact) mass is 298 g/mol. The standard InChI is InChI=1S/C13H18N2O4S/c14-10-5-6-12(11(9-10)13(16)17)20(18,19)15-7-3-1-2-4-8-15/h5-6,9H,1-4,7-8,14H2,(H,16,17). The number of aromatic carboxylic acids is 1. The predicted octanol–water partition coefficient (Wildman–Crippen LogP) is 1.53. The van der Waals surface area contributed by atoms with E-state index in [1.807, 2.05) is 0 Å². The smallest absolute Gasteiger partial charge is 0.337 e. The molecule has 1 aromatic rings.